The molecule has 1 fully saturated rings. The first-order valence-electron chi connectivity index (χ1n) is 10.3. The van der Waals surface area contributed by atoms with Crippen molar-refractivity contribution in [1.82, 2.24) is 29.4 Å². The van der Waals surface area contributed by atoms with E-state index in [0.717, 1.165) is 0 Å². The van der Waals surface area contributed by atoms with Crippen LogP contribution in [0.25, 0.3) is 0 Å². The Kier molecular flexibility index (Phi) is 11.6. The normalized spacial score (nSPS) is 17.3. The second kappa shape index (κ2) is 14.2. The van der Waals surface area contributed by atoms with Crippen LogP contribution in [0.4, 0.5) is 55.1 Å². The van der Waals surface area contributed by atoms with E-state index >= 15 is 0 Å². The molecule has 1 aliphatic heterocycles. The van der Waals surface area contributed by atoms with Gasteiger partial charge < -0.3 is 0 Å². The molecule has 1 aliphatic rings. The Labute approximate surface area is 225 Å². The molecule has 0 unspecified atom stereocenters. The Bertz CT molecular complexity index is 1050. The fourth-order valence-corrected chi connectivity index (χ4v) is 2.81. The highest BCUT2D eigenvalue weighted by Gasteiger charge is 2.39. The molecule has 0 aromatic rings. The van der Waals surface area contributed by atoms with Crippen molar-refractivity contribution in [1.29, 1.82) is 0 Å². The summed E-state index contributed by atoms with van der Waals surface area (Å²) in [5.74, 6) is -13.3. The SMILES string of the molecule is O=C(F)N1CC(=O)N(C(=O)F)CC(=O)N(C(=O)F)CC(=O)N(C(=O)F)CC(=O)N(C(=O)F)CC(=O)N(C(=O)F)CC1=O. The van der Waals surface area contributed by atoms with E-state index in [1.54, 1.807) is 0 Å². The van der Waals surface area contributed by atoms with Crippen molar-refractivity contribution >= 4 is 72.4 Å². The first kappa shape index (κ1) is 34.4. The number of rotatable bonds is 0. The zero-order chi connectivity index (χ0) is 32.6. The molecule has 0 bridgehead atoms. The molecule has 42 heavy (non-hydrogen) atoms. The molecular weight excluding hydrogens is 606 g/mol. The lowest BCUT2D eigenvalue weighted by Crippen LogP contribution is -2.55. The molecule has 0 N–H and O–H groups in total. The minimum atomic E-state index is -2.95. The van der Waals surface area contributed by atoms with Gasteiger partial charge in [0.05, 0.1) is 0 Å². The molecule has 0 spiro atoms. The molecule has 0 aliphatic carbocycles. The third-order valence-corrected chi connectivity index (χ3v) is 4.84. The zero-order valence-electron chi connectivity index (χ0n) is 20.1. The summed E-state index contributed by atoms with van der Waals surface area (Å²) in [7, 11) is 0. The summed E-state index contributed by atoms with van der Waals surface area (Å²) in [6.45, 7) is -12.4. The maximum Gasteiger partial charge on any atom is 0.407 e. The third kappa shape index (κ3) is 8.71. The van der Waals surface area contributed by atoms with Crippen LogP contribution in [-0.2, 0) is 28.8 Å². The van der Waals surface area contributed by atoms with Gasteiger partial charge in [0.1, 0.15) is 39.3 Å². The Morgan fingerprint density at radius 2 is 0.405 bits per heavy atom. The number of carbonyl (C=O) groups is 12. The largest absolute Gasteiger partial charge is 0.407 e. The Morgan fingerprint density at radius 3 is 0.476 bits per heavy atom. The number of carbonyl (C=O) groups excluding carboxylic acids is 12. The zero-order valence-corrected chi connectivity index (χ0v) is 20.1. The maximum atomic E-state index is 13.5. The average molecular weight is 618 g/mol. The van der Waals surface area contributed by atoms with Crippen LogP contribution in [0.5, 0.6) is 0 Å². The number of amides is 12. The van der Waals surface area contributed by atoms with Crippen LogP contribution in [0.3, 0.4) is 0 Å². The van der Waals surface area contributed by atoms with Crippen molar-refractivity contribution in [2.45, 2.75) is 0 Å². The molecule has 18 nitrogen and oxygen atoms in total. The first-order chi connectivity index (χ1) is 19.3. The summed E-state index contributed by atoms with van der Waals surface area (Å²) in [5.41, 5.74) is 0. The van der Waals surface area contributed by atoms with Gasteiger partial charge in [-0.2, -0.15) is 0 Å². The number of hydrogen-bond donors (Lipinski definition) is 0. The quantitative estimate of drug-likeness (QED) is 0.190. The smallest absolute Gasteiger partial charge is 0.272 e. The maximum absolute atomic E-state index is 13.5. The summed E-state index contributed by atoms with van der Waals surface area (Å²) in [5, 5.41) is 0. The summed E-state index contributed by atoms with van der Waals surface area (Å²) < 4.78 is 80.9. The highest BCUT2D eigenvalue weighted by molar-refractivity contribution is 6.08. The van der Waals surface area contributed by atoms with Crippen LogP contribution in [-0.4, -0.2) is 141 Å². The van der Waals surface area contributed by atoms with Gasteiger partial charge in [0.15, 0.2) is 0 Å². The van der Waals surface area contributed by atoms with E-state index in [4.69, 9.17) is 0 Å². The molecule has 0 saturated carbocycles. The monoisotopic (exact) mass is 618 g/mol. The van der Waals surface area contributed by atoms with E-state index in [-0.39, 0.29) is 0 Å². The lowest BCUT2D eigenvalue weighted by Gasteiger charge is -2.27. The first-order valence-corrected chi connectivity index (χ1v) is 10.3. The fourth-order valence-electron chi connectivity index (χ4n) is 2.81. The van der Waals surface area contributed by atoms with Gasteiger partial charge in [0.2, 0.25) is 0 Å². The second-order valence-electron chi connectivity index (χ2n) is 7.40. The van der Waals surface area contributed by atoms with Gasteiger partial charge in [-0.1, -0.05) is 0 Å². The number of imide groups is 6. The van der Waals surface area contributed by atoms with Crippen molar-refractivity contribution in [3.8, 4) is 0 Å². The predicted molar refractivity (Wildman–Crippen MR) is 109 cm³/mol. The van der Waals surface area contributed by atoms with Gasteiger partial charge in [-0.25, -0.2) is 58.2 Å². The Morgan fingerprint density at radius 1 is 0.310 bits per heavy atom. The fraction of sp³-hybridized carbons (Fsp3) is 0.333. The molecule has 0 radical (unpaired) electrons. The molecule has 228 valence electrons. The molecule has 0 aromatic carbocycles. The second-order valence-corrected chi connectivity index (χ2v) is 7.40. The van der Waals surface area contributed by atoms with Crippen molar-refractivity contribution in [2.75, 3.05) is 39.3 Å². The van der Waals surface area contributed by atoms with Crippen LogP contribution in [0.1, 0.15) is 0 Å². The van der Waals surface area contributed by atoms with Crippen LogP contribution >= 0.6 is 0 Å². The van der Waals surface area contributed by atoms with Gasteiger partial charge in [0, 0.05) is 0 Å². The lowest BCUT2D eigenvalue weighted by molar-refractivity contribution is -0.145. The molecule has 0 aromatic heterocycles. The van der Waals surface area contributed by atoms with E-state index in [9.17, 15) is 83.9 Å². The molecule has 1 saturated heterocycles. The van der Waals surface area contributed by atoms with E-state index in [2.05, 4.69) is 0 Å². The number of halogens is 6. The van der Waals surface area contributed by atoms with Gasteiger partial charge in [-0.05, 0) is 0 Å². The van der Waals surface area contributed by atoms with E-state index in [1.807, 2.05) is 0 Å². The van der Waals surface area contributed by atoms with Gasteiger partial charge in [-0.15, -0.1) is 26.3 Å². The van der Waals surface area contributed by atoms with Gasteiger partial charge in [-0.3, -0.25) is 28.8 Å². The average Bonchev–Trinajstić information content (AvgIpc) is 2.86. The lowest BCUT2D eigenvalue weighted by atomic mass is 10.3. The summed E-state index contributed by atoms with van der Waals surface area (Å²) in [6, 6.07) is 0. The molecule has 1 heterocycles. The van der Waals surface area contributed by atoms with Crippen molar-refractivity contribution in [3.05, 3.63) is 0 Å². The molecule has 0 atom stereocenters. The molecule has 1 rings (SSSR count). The summed E-state index contributed by atoms with van der Waals surface area (Å²) in [6.07, 6.45) is -17.7. The minimum Gasteiger partial charge on any atom is -0.272 e. The highest BCUT2D eigenvalue weighted by atomic mass is 19.2. The van der Waals surface area contributed by atoms with Crippen LogP contribution in [0, 0.1) is 0 Å². The number of hydrogen-bond acceptors (Lipinski definition) is 12. The van der Waals surface area contributed by atoms with E-state index in [1.165, 1.54) is 0 Å². The minimum absolute atomic E-state index is 0.898. The van der Waals surface area contributed by atoms with Crippen molar-refractivity contribution in [3.63, 3.8) is 0 Å². The highest BCUT2D eigenvalue weighted by Crippen LogP contribution is 2.10. The molecule has 24 heteroatoms. The van der Waals surface area contributed by atoms with Crippen molar-refractivity contribution < 1.29 is 83.9 Å². The summed E-state index contributed by atoms with van der Waals surface area (Å²) in [4.78, 5) is 135. The van der Waals surface area contributed by atoms with Crippen LogP contribution in [0.15, 0.2) is 0 Å². The molecular formula is C18H12F6N6O12. The Balaban J connectivity index is 3.75. The van der Waals surface area contributed by atoms with Gasteiger partial charge >= 0.3 is 37.0 Å². The predicted octanol–water partition coefficient (Wildman–Crippen LogP) is -0.491. The van der Waals surface area contributed by atoms with Crippen LogP contribution < -0.4 is 0 Å². The van der Waals surface area contributed by atoms with E-state index in [0.29, 0.717) is 0 Å². The summed E-state index contributed by atoms with van der Waals surface area (Å²) >= 11 is 0. The third-order valence-electron chi connectivity index (χ3n) is 4.84. The van der Waals surface area contributed by atoms with Gasteiger partial charge in [0.25, 0.3) is 35.4 Å². The van der Waals surface area contributed by atoms with E-state index < -0.39 is 141 Å². The number of nitrogens with zero attached hydrogens (tertiary/aromatic N) is 6. The molecule has 12 amide bonds. The Hall–Kier alpha value is -5.58. The van der Waals surface area contributed by atoms with Crippen molar-refractivity contribution in [2.24, 2.45) is 0 Å². The topological polar surface area (TPSA) is 224 Å². The van der Waals surface area contributed by atoms with Crippen LogP contribution in [0.2, 0.25) is 0 Å². The standard InChI is InChI=1S/C18H12F6N6O12/c19-13(37)25-1-7(31)26(14(20)38)3-9(33)28(16(22)40)5-11(35)30(18(24)42)6-12(36)29(17(23)41)4-10(34)27(15(21)39)2-8(25)32/h1-6H2.